The molecule has 1 aliphatic carbocycles. The zero-order valence-electron chi connectivity index (χ0n) is 12.1. The van der Waals surface area contributed by atoms with E-state index in [0.717, 1.165) is 5.56 Å². The van der Waals surface area contributed by atoms with Gasteiger partial charge >= 0.3 is 0 Å². The van der Waals surface area contributed by atoms with Gasteiger partial charge in [0.25, 0.3) is 5.56 Å². The van der Waals surface area contributed by atoms with Gasteiger partial charge in [-0.15, -0.1) is 0 Å². The molecule has 1 aliphatic rings. The first kappa shape index (κ1) is 13.1. The van der Waals surface area contributed by atoms with E-state index in [2.05, 4.69) is 9.97 Å². The summed E-state index contributed by atoms with van der Waals surface area (Å²) in [6.45, 7) is 0. The van der Waals surface area contributed by atoms with Crippen molar-refractivity contribution in [2.24, 2.45) is 7.05 Å². The van der Waals surface area contributed by atoms with Gasteiger partial charge in [-0.3, -0.25) is 4.79 Å². The summed E-state index contributed by atoms with van der Waals surface area (Å²) in [6, 6.07) is 4.70. The van der Waals surface area contributed by atoms with Crippen LogP contribution in [0.5, 0.6) is 0 Å². The number of hydrogen-bond donors (Lipinski definition) is 0. The highest BCUT2D eigenvalue weighted by molar-refractivity contribution is 5.85. The van der Waals surface area contributed by atoms with Crippen molar-refractivity contribution < 1.29 is 4.39 Å². The SMILES string of the molecule is Cn1ccc2cc(-c3ncc(C4CC4)cn3)c(F)cc2c1=O. The van der Waals surface area contributed by atoms with Crippen molar-refractivity contribution >= 4 is 10.8 Å². The molecule has 4 nitrogen and oxygen atoms in total. The van der Waals surface area contributed by atoms with E-state index in [-0.39, 0.29) is 5.56 Å². The minimum Gasteiger partial charge on any atom is -0.318 e. The third-order valence-electron chi connectivity index (χ3n) is 4.13. The molecule has 2 heterocycles. The second-order valence-electron chi connectivity index (χ2n) is 5.77. The molecule has 0 amide bonds. The Bertz CT molecular complexity index is 927. The Balaban J connectivity index is 1.85. The number of pyridine rings is 1. The zero-order valence-corrected chi connectivity index (χ0v) is 12.1. The fraction of sp³-hybridized carbons (Fsp3) is 0.235. The summed E-state index contributed by atoms with van der Waals surface area (Å²) >= 11 is 0. The number of aryl methyl sites for hydroxylation is 1. The molecule has 3 aromatic rings. The van der Waals surface area contributed by atoms with Crippen LogP contribution in [0.15, 0.2) is 41.6 Å². The van der Waals surface area contributed by atoms with E-state index < -0.39 is 5.82 Å². The summed E-state index contributed by atoms with van der Waals surface area (Å²) in [4.78, 5) is 20.6. The van der Waals surface area contributed by atoms with Crippen LogP contribution in [0, 0.1) is 5.82 Å². The first-order valence-electron chi connectivity index (χ1n) is 7.24. The van der Waals surface area contributed by atoms with Crippen LogP contribution in [-0.2, 0) is 7.05 Å². The number of benzene rings is 1. The summed E-state index contributed by atoms with van der Waals surface area (Å²) in [5, 5.41) is 1.05. The molecule has 0 bridgehead atoms. The van der Waals surface area contributed by atoms with Gasteiger partial charge in [0.15, 0.2) is 5.82 Å². The van der Waals surface area contributed by atoms with Crippen molar-refractivity contribution in [1.82, 2.24) is 14.5 Å². The van der Waals surface area contributed by atoms with E-state index >= 15 is 0 Å². The van der Waals surface area contributed by atoms with E-state index in [0.29, 0.717) is 28.1 Å². The maximum Gasteiger partial charge on any atom is 0.258 e. The third kappa shape index (κ3) is 2.09. The quantitative estimate of drug-likeness (QED) is 0.730. The van der Waals surface area contributed by atoms with Crippen LogP contribution >= 0.6 is 0 Å². The molecule has 0 saturated heterocycles. The highest BCUT2D eigenvalue weighted by Gasteiger charge is 2.24. The van der Waals surface area contributed by atoms with Crippen LogP contribution in [0.4, 0.5) is 4.39 Å². The van der Waals surface area contributed by atoms with Crippen molar-refractivity contribution in [1.29, 1.82) is 0 Å². The van der Waals surface area contributed by atoms with Gasteiger partial charge in [-0.2, -0.15) is 0 Å². The normalized spacial score (nSPS) is 14.5. The van der Waals surface area contributed by atoms with Crippen molar-refractivity contribution in [2.45, 2.75) is 18.8 Å². The zero-order chi connectivity index (χ0) is 15.3. The number of fused-ring (bicyclic) bond motifs is 1. The van der Waals surface area contributed by atoms with Gasteiger partial charge in [0.1, 0.15) is 5.82 Å². The van der Waals surface area contributed by atoms with Gasteiger partial charge in [0.05, 0.1) is 10.9 Å². The Hall–Kier alpha value is -2.56. The molecule has 0 aliphatic heterocycles. The smallest absolute Gasteiger partial charge is 0.258 e. The second-order valence-corrected chi connectivity index (χ2v) is 5.77. The molecule has 110 valence electrons. The molecule has 2 aromatic heterocycles. The molecular weight excluding hydrogens is 281 g/mol. The Labute approximate surface area is 126 Å². The Morgan fingerprint density at radius 2 is 1.95 bits per heavy atom. The lowest BCUT2D eigenvalue weighted by Crippen LogP contribution is -2.15. The van der Waals surface area contributed by atoms with Gasteiger partial charge < -0.3 is 4.57 Å². The predicted octanol–water partition coefficient (Wildman–Crippen LogP) is 3.01. The molecule has 1 fully saturated rings. The number of rotatable bonds is 2. The minimum atomic E-state index is -0.477. The fourth-order valence-corrected chi connectivity index (χ4v) is 2.64. The van der Waals surface area contributed by atoms with Crippen LogP contribution in [0.1, 0.15) is 24.3 Å². The molecule has 0 radical (unpaired) electrons. The maximum absolute atomic E-state index is 14.4. The topological polar surface area (TPSA) is 47.8 Å². The second kappa shape index (κ2) is 4.73. The summed E-state index contributed by atoms with van der Waals surface area (Å²) in [7, 11) is 1.65. The number of halogens is 1. The first-order chi connectivity index (χ1) is 10.6. The predicted molar refractivity (Wildman–Crippen MR) is 82.1 cm³/mol. The molecule has 1 saturated carbocycles. The van der Waals surface area contributed by atoms with Crippen LogP contribution in [0.25, 0.3) is 22.2 Å². The van der Waals surface area contributed by atoms with E-state index in [1.807, 2.05) is 0 Å². The Morgan fingerprint density at radius 1 is 1.23 bits per heavy atom. The largest absolute Gasteiger partial charge is 0.318 e. The molecule has 22 heavy (non-hydrogen) atoms. The lowest BCUT2D eigenvalue weighted by Gasteiger charge is -2.06. The summed E-state index contributed by atoms with van der Waals surface area (Å²) in [5.41, 5.74) is 1.22. The van der Waals surface area contributed by atoms with E-state index in [1.54, 1.807) is 37.8 Å². The molecule has 0 unspecified atom stereocenters. The standard InChI is InChI=1S/C17H14FN3O/c1-21-5-4-11-6-14(15(18)7-13(11)17(21)22)16-19-8-12(9-20-16)10-2-3-10/h4-10H,2-3H2,1H3. The average Bonchev–Trinajstić information content (AvgIpc) is 3.36. The maximum atomic E-state index is 14.4. The van der Waals surface area contributed by atoms with Crippen LogP contribution in [-0.4, -0.2) is 14.5 Å². The van der Waals surface area contributed by atoms with E-state index in [1.165, 1.54) is 23.5 Å². The molecule has 0 N–H and O–H groups in total. The molecular formula is C17H14FN3O. The third-order valence-corrected chi connectivity index (χ3v) is 4.13. The highest BCUT2D eigenvalue weighted by atomic mass is 19.1. The first-order valence-corrected chi connectivity index (χ1v) is 7.24. The van der Waals surface area contributed by atoms with Gasteiger partial charge in [-0.25, -0.2) is 14.4 Å². The Kier molecular flexibility index (Phi) is 2.82. The molecule has 5 heteroatoms. The average molecular weight is 295 g/mol. The van der Waals surface area contributed by atoms with E-state index in [4.69, 9.17) is 0 Å². The van der Waals surface area contributed by atoms with Gasteiger partial charge in [-0.05, 0) is 47.9 Å². The van der Waals surface area contributed by atoms with Crippen molar-refractivity contribution in [3.8, 4) is 11.4 Å². The monoisotopic (exact) mass is 295 g/mol. The fourth-order valence-electron chi connectivity index (χ4n) is 2.64. The van der Waals surface area contributed by atoms with Gasteiger partial charge in [0, 0.05) is 25.6 Å². The van der Waals surface area contributed by atoms with Crippen molar-refractivity contribution in [3.05, 3.63) is 58.5 Å². The van der Waals surface area contributed by atoms with Crippen LogP contribution in [0.2, 0.25) is 0 Å². The molecule has 4 rings (SSSR count). The molecule has 0 spiro atoms. The van der Waals surface area contributed by atoms with E-state index in [9.17, 15) is 9.18 Å². The lowest BCUT2D eigenvalue weighted by atomic mass is 10.1. The van der Waals surface area contributed by atoms with Gasteiger partial charge in [-0.1, -0.05) is 0 Å². The molecule has 0 atom stereocenters. The number of aromatic nitrogens is 3. The summed E-state index contributed by atoms with van der Waals surface area (Å²) in [6.07, 6.45) is 7.57. The summed E-state index contributed by atoms with van der Waals surface area (Å²) < 4.78 is 15.8. The molecule has 1 aromatic carbocycles. The Morgan fingerprint density at radius 3 is 2.64 bits per heavy atom. The number of hydrogen-bond acceptors (Lipinski definition) is 3. The highest BCUT2D eigenvalue weighted by Crippen LogP contribution is 2.39. The minimum absolute atomic E-state index is 0.215. The van der Waals surface area contributed by atoms with Crippen LogP contribution < -0.4 is 5.56 Å². The van der Waals surface area contributed by atoms with Crippen LogP contribution in [0.3, 0.4) is 0 Å². The number of nitrogens with zero attached hydrogens (tertiary/aromatic N) is 3. The lowest BCUT2D eigenvalue weighted by molar-refractivity contribution is 0.631. The van der Waals surface area contributed by atoms with Crippen molar-refractivity contribution in [3.63, 3.8) is 0 Å². The van der Waals surface area contributed by atoms with Crippen molar-refractivity contribution in [2.75, 3.05) is 0 Å². The summed E-state index contributed by atoms with van der Waals surface area (Å²) in [5.74, 6) is 0.443. The van der Waals surface area contributed by atoms with Gasteiger partial charge in [0.2, 0.25) is 0 Å².